The maximum absolute atomic E-state index is 11.6. The number of nitrogens with zero attached hydrogens (tertiary/aromatic N) is 2. The first-order valence-electron chi connectivity index (χ1n) is 4.86. The van der Waals surface area contributed by atoms with Crippen LogP contribution in [0.25, 0.3) is 0 Å². The summed E-state index contributed by atoms with van der Waals surface area (Å²) < 4.78 is 5.10. The molecule has 5 nitrogen and oxygen atoms in total. The smallest absolute Gasteiger partial charge is 0.430 e. The highest BCUT2D eigenvalue weighted by Crippen LogP contribution is 2.16. The molecule has 0 aliphatic carbocycles. The third-order valence-corrected chi connectivity index (χ3v) is 1.69. The summed E-state index contributed by atoms with van der Waals surface area (Å²) in [5.74, 6) is 5.89. The van der Waals surface area contributed by atoms with Gasteiger partial charge in [-0.25, -0.2) is 15.6 Å². The monoisotopic (exact) mass is 222 g/mol. The van der Waals surface area contributed by atoms with Crippen LogP contribution in [0.4, 0.5) is 10.6 Å². The van der Waals surface area contributed by atoms with Gasteiger partial charge in [0.25, 0.3) is 0 Å². The van der Waals surface area contributed by atoms with Gasteiger partial charge in [0.2, 0.25) is 0 Å². The number of aromatic nitrogens is 1. The molecule has 0 unspecified atom stereocenters. The van der Waals surface area contributed by atoms with E-state index in [0.29, 0.717) is 5.56 Å². The van der Waals surface area contributed by atoms with E-state index in [0.717, 1.165) is 5.01 Å². The second-order valence-corrected chi connectivity index (χ2v) is 4.34. The minimum absolute atomic E-state index is 0.289. The maximum Gasteiger partial charge on any atom is 0.430 e. The lowest BCUT2D eigenvalue weighted by atomic mass is 10.2. The van der Waals surface area contributed by atoms with Crippen LogP contribution in [0.2, 0.25) is 0 Å². The Kier molecular flexibility index (Phi) is 3.49. The lowest BCUT2D eigenvalue weighted by molar-refractivity contribution is 0.0578. The molecule has 16 heavy (non-hydrogen) atoms. The highest BCUT2D eigenvalue weighted by Gasteiger charge is 2.22. The van der Waals surface area contributed by atoms with Crippen LogP contribution < -0.4 is 10.9 Å². The molecule has 2 N–H and O–H groups in total. The number of rotatable bonds is 1. The Labute approximate surface area is 95.2 Å². The van der Waals surface area contributed by atoms with Gasteiger partial charge in [-0.15, -0.1) is 0 Å². The Balaban J connectivity index is 2.83. The Morgan fingerprint density at radius 1 is 1.56 bits per heavy atom. The number of carbonyl (C=O) groups excluding carboxylic acids is 1. The summed E-state index contributed by atoms with van der Waals surface area (Å²) in [5, 5.41) is 0.855. The summed E-state index contributed by atoms with van der Waals surface area (Å²) in [6, 6.07) is 3.43. The van der Waals surface area contributed by atoms with Gasteiger partial charge in [-0.05, 0) is 39.3 Å². The molecule has 1 aromatic heterocycles. The van der Waals surface area contributed by atoms with Gasteiger partial charge in [0, 0.05) is 6.20 Å². The predicted molar refractivity (Wildman–Crippen MR) is 61.6 cm³/mol. The molecule has 1 aromatic rings. The molecular weight excluding hydrogens is 206 g/mol. The maximum atomic E-state index is 11.6. The van der Waals surface area contributed by atoms with Gasteiger partial charge in [-0.3, -0.25) is 0 Å². The summed E-state index contributed by atoms with van der Waals surface area (Å²) in [5.41, 5.74) is -0.0268. The molecule has 1 heterocycles. The summed E-state index contributed by atoms with van der Waals surface area (Å²) >= 11 is 0. The van der Waals surface area contributed by atoms with Gasteiger partial charge in [-0.1, -0.05) is 6.07 Å². The van der Waals surface area contributed by atoms with E-state index in [1.807, 2.05) is 0 Å². The Hall–Kier alpha value is -1.62. The predicted octanol–water partition coefficient (Wildman–Crippen LogP) is 1.88. The largest absolute Gasteiger partial charge is 0.442 e. The SMILES string of the molecule is [CH2]c1cccnc1N(N)C(=O)OC(C)(C)C. The van der Waals surface area contributed by atoms with E-state index in [9.17, 15) is 4.79 Å². The zero-order valence-electron chi connectivity index (χ0n) is 9.73. The number of ether oxygens (including phenoxy) is 1. The minimum Gasteiger partial charge on any atom is -0.442 e. The molecule has 0 atom stereocenters. The average molecular weight is 222 g/mol. The molecule has 0 bridgehead atoms. The number of hydrogen-bond donors (Lipinski definition) is 1. The van der Waals surface area contributed by atoms with Gasteiger partial charge in [0.1, 0.15) is 5.60 Å². The van der Waals surface area contributed by atoms with E-state index >= 15 is 0 Å². The molecule has 0 saturated heterocycles. The zero-order chi connectivity index (χ0) is 12.3. The van der Waals surface area contributed by atoms with E-state index in [2.05, 4.69) is 11.9 Å². The van der Waals surface area contributed by atoms with E-state index in [4.69, 9.17) is 10.6 Å². The molecule has 0 aliphatic heterocycles. The van der Waals surface area contributed by atoms with E-state index in [1.165, 1.54) is 6.20 Å². The second-order valence-electron chi connectivity index (χ2n) is 4.34. The molecule has 0 aliphatic rings. The third kappa shape index (κ3) is 3.20. The van der Waals surface area contributed by atoms with Crippen LogP contribution in [-0.2, 0) is 4.74 Å². The van der Waals surface area contributed by atoms with Gasteiger partial charge in [-0.2, -0.15) is 5.01 Å². The second kappa shape index (κ2) is 4.49. The fraction of sp³-hybridized carbons (Fsp3) is 0.364. The molecule has 1 rings (SSSR count). The number of pyridine rings is 1. The first-order valence-corrected chi connectivity index (χ1v) is 4.86. The summed E-state index contributed by atoms with van der Waals surface area (Å²) in [6.45, 7) is 9.03. The van der Waals surface area contributed by atoms with Crippen molar-refractivity contribution >= 4 is 11.9 Å². The normalized spacial score (nSPS) is 11.1. The van der Waals surface area contributed by atoms with E-state index < -0.39 is 11.7 Å². The first kappa shape index (κ1) is 12.4. The highest BCUT2D eigenvalue weighted by atomic mass is 16.6. The van der Waals surface area contributed by atoms with Crippen LogP contribution >= 0.6 is 0 Å². The number of nitrogens with two attached hydrogens (primary N) is 1. The molecule has 0 aromatic carbocycles. The number of carbonyl (C=O) groups is 1. The van der Waals surface area contributed by atoms with Crippen LogP contribution in [0.3, 0.4) is 0 Å². The molecule has 87 valence electrons. The van der Waals surface area contributed by atoms with Gasteiger partial charge < -0.3 is 4.74 Å². The van der Waals surface area contributed by atoms with E-state index in [-0.39, 0.29) is 5.82 Å². The Bertz CT molecular complexity index is 385. The molecule has 0 fully saturated rings. The topological polar surface area (TPSA) is 68.5 Å². The van der Waals surface area contributed by atoms with Crippen LogP contribution in [0.1, 0.15) is 26.3 Å². The Morgan fingerprint density at radius 2 is 2.19 bits per heavy atom. The van der Waals surface area contributed by atoms with Crippen molar-refractivity contribution < 1.29 is 9.53 Å². The highest BCUT2D eigenvalue weighted by molar-refractivity contribution is 5.86. The quantitative estimate of drug-likeness (QED) is 0.447. The first-order chi connectivity index (χ1) is 7.31. The van der Waals surface area contributed by atoms with Crippen molar-refractivity contribution in [1.29, 1.82) is 0 Å². The number of anilines is 1. The van der Waals surface area contributed by atoms with Crippen molar-refractivity contribution in [1.82, 2.24) is 4.98 Å². The Morgan fingerprint density at radius 3 is 2.69 bits per heavy atom. The molecule has 1 amide bonds. The van der Waals surface area contributed by atoms with Crippen LogP contribution in [-0.4, -0.2) is 16.7 Å². The third-order valence-electron chi connectivity index (χ3n) is 1.69. The van der Waals surface area contributed by atoms with E-state index in [1.54, 1.807) is 32.9 Å². The van der Waals surface area contributed by atoms with Crippen LogP contribution in [0, 0.1) is 6.92 Å². The van der Waals surface area contributed by atoms with Crippen molar-refractivity contribution in [2.24, 2.45) is 5.84 Å². The standard InChI is InChI=1S/C11H16N3O2/c1-8-6-5-7-13-9(8)14(12)10(15)16-11(2,3)4/h5-7H,1,12H2,2-4H3. The van der Waals surface area contributed by atoms with Crippen molar-refractivity contribution in [2.45, 2.75) is 26.4 Å². The molecular formula is C11H16N3O2. The summed E-state index contributed by atoms with van der Waals surface area (Å²) in [4.78, 5) is 15.6. The molecule has 1 radical (unpaired) electrons. The number of hydrogen-bond acceptors (Lipinski definition) is 4. The van der Waals surface area contributed by atoms with Crippen molar-refractivity contribution in [3.8, 4) is 0 Å². The molecule has 0 spiro atoms. The lowest BCUT2D eigenvalue weighted by Gasteiger charge is -2.24. The lowest BCUT2D eigenvalue weighted by Crippen LogP contribution is -2.42. The fourth-order valence-electron chi connectivity index (χ4n) is 1.04. The van der Waals surface area contributed by atoms with Gasteiger partial charge >= 0.3 is 6.09 Å². The summed E-state index contributed by atoms with van der Waals surface area (Å²) in [6.07, 6.45) is 0.880. The molecule has 5 heteroatoms. The fourth-order valence-corrected chi connectivity index (χ4v) is 1.04. The number of hydrazine groups is 1. The zero-order valence-corrected chi connectivity index (χ0v) is 9.73. The molecule has 0 saturated carbocycles. The number of amides is 1. The van der Waals surface area contributed by atoms with Gasteiger partial charge in [0.05, 0.1) is 0 Å². The minimum atomic E-state index is -0.656. The van der Waals surface area contributed by atoms with Crippen LogP contribution in [0.5, 0.6) is 0 Å². The van der Waals surface area contributed by atoms with Crippen molar-refractivity contribution in [2.75, 3.05) is 5.01 Å². The van der Waals surface area contributed by atoms with Gasteiger partial charge in [0.15, 0.2) is 5.82 Å². The summed E-state index contributed by atoms with van der Waals surface area (Å²) in [7, 11) is 0. The van der Waals surface area contributed by atoms with Crippen LogP contribution in [0.15, 0.2) is 18.3 Å². The average Bonchev–Trinajstić information content (AvgIpc) is 2.15. The van der Waals surface area contributed by atoms with Crippen molar-refractivity contribution in [3.05, 3.63) is 30.8 Å². The van der Waals surface area contributed by atoms with Crippen molar-refractivity contribution in [3.63, 3.8) is 0 Å².